The van der Waals surface area contributed by atoms with Crippen LogP contribution in [-0.4, -0.2) is 49.4 Å². The zero-order chi connectivity index (χ0) is 26.6. The van der Waals surface area contributed by atoms with Crippen molar-refractivity contribution in [3.8, 4) is 11.3 Å². The first kappa shape index (κ1) is 26.1. The molecule has 1 aliphatic rings. The van der Waals surface area contributed by atoms with Gasteiger partial charge < -0.3 is 14.4 Å². The van der Waals surface area contributed by atoms with Crippen LogP contribution in [0.3, 0.4) is 0 Å². The first-order chi connectivity index (χ1) is 16.6. The molecular formula is C27H33BrN4O4. The van der Waals surface area contributed by atoms with Crippen LogP contribution in [0.5, 0.6) is 0 Å². The summed E-state index contributed by atoms with van der Waals surface area (Å²) in [5, 5.41) is 0. The van der Waals surface area contributed by atoms with Crippen molar-refractivity contribution in [2.45, 2.75) is 79.6 Å². The Labute approximate surface area is 220 Å². The van der Waals surface area contributed by atoms with Crippen LogP contribution in [0, 0.1) is 13.8 Å². The fraction of sp³-hybridized carbons (Fsp3) is 0.481. The number of nitrogens with zero attached hydrogens (tertiary/aromatic N) is 4. The molecule has 0 bridgehead atoms. The third kappa shape index (κ3) is 5.40. The van der Waals surface area contributed by atoms with Gasteiger partial charge in [-0.25, -0.2) is 19.1 Å². The molecule has 4 heterocycles. The van der Waals surface area contributed by atoms with Gasteiger partial charge in [-0.1, -0.05) is 0 Å². The number of amides is 1. The van der Waals surface area contributed by atoms with E-state index in [4.69, 9.17) is 14.5 Å². The molecule has 0 saturated heterocycles. The first-order valence-electron chi connectivity index (χ1n) is 12.0. The van der Waals surface area contributed by atoms with Gasteiger partial charge in [0, 0.05) is 23.5 Å². The van der Waals surface area contributed by atoms with Gasteiger partial charge in [0.25, 0.3) is 0 Å². The predicted molar refractivity (Wildman–Crippen MR) is 142 cm³/mol. The highest BCUT2D eigenvalue weighted by Gasteiger charge is 2.31. The highest BCUT2D eigenvalue weighted by molar-refractivity contribution is 9.10. The highest BCUT2D eigenvalue weighted by atomic mass is 79.9. The van der Waals surface area contributed by atoms with E-state index in [1.807, 2.05) is 73.6 Å². The molecule has 0 aliphatic carbocycles. The molecule has 0 aromatic carbocycles. The normalized spacial score (nSPS) is 14.1. The molecule has 3 aromatic heterocycles. The zero-order valence-electron chi connectivity index (χ0n) is 22.2. The Morgan fingerprint density at radius 2 is 1.50 bits per heavy atom. The van der Waals surface area contributed by atoms with E-state index in [1.54, 1.807) is 9.47 Å². The third-order valence-electron chi connectivity index (χ3n) is 5.63. The second kappa shape index (κ2) is 9.18. The van der Waals surface area contributed by atoms with Gasteiger partial charge in [0.15, 0.2) is 0 Å². The van der Waals surface area contributed by atoms with E-state index in [1.165, 1.54) is 0 Å². The number of rotatable bonds is 1. The molecule has 4 rings (SSSR count). The summed E-state index contributed by atoms with van der Waals surface area (Å²) >= 11 is 3.73. The van der Waals surface area contributed by atoms with Crippen LogP contribution in [0.15, 0.2) is 22.7 Å². The SMILES string of the molecule is Cc1cc(-c2c(Br)c3nc4c(cc3n2C(=O)OC(C)(C)C)CCN(C(=O)OC(C)(C)C)C4)cc(C)n1. The highest BCUT2D eigenvalue weighted by Crippen LogP contribution is 2.39. The molecule has 0 N–H and O–H groups in total. The van der Waals surface area contributed by atoms with E-state index in [2.05, 4.69) is 20.9 Å². The summed E-state index contributed by atoms with van der Waals surface area (Å²) in [7, 11) is 0. The minimum atomic E-state index is -0.670. The van der Waals surface area contributed by atoms with Crippen LogP contribution in [0.1, 0.15) is 64.2 Å². The Morgan fingerprint density at radius 1 is 0.917 bits per heavy atom. The number of fused-ring (bicyclic) bond motifs is 2. The fourth-order valence-corrected chi connectivity index (χ4v) is 5.02. The van der Waals surface area contributed by atoms with E-state index in [0.717, 1.165) is 28.2 Å². The Morgan fingerprint density at radius 3 is 2.08 bits per heavy atom. The maximum atomic E-state index is 13.5. The number of halogens is 1. The monoisotopic (exact) mass is 556 g/mol. The average Bonchev–Trinajstić information content (AvgIpc) is 3.00. The van der Waals surface area contributed by atoms with Crippen molar-refractivity contribution in [1.29, 1.82) is 0 Å². The van der Waals surface area contributed by atoms with Gasteiger partial charge in [-0.3, -0.25) is 4.98 Å². The molecular weight excluding hydrogens is 524 g/mol. The lowest BCUT2D eigenvalue weighted by Crippen LogP contribution is -2.40. The molecule has 1 aliphatic heterocycles. The number of ether oxygens (including phenoxy) is 2. The van der Waals surface area contributed by atoms with Gasteiger partial charge >= 0.3 is 12.2 Å². The van der Waals surface area contributed by atoms with Crippen molar-refractivity contribution < 1.29 is 19.1 Å². The zero-order valence-corrected chi connectivity index (χ0v) is 23.7. The van der Waals surface area contributed by atoms with E-state index in [-0.39, 0.29) is 6.09 Å². The summed E-state index contributed by atoms with van der Waals surface area (Å²) in [5.41, 5.74) is 5.01. The fourth-order valence-electron chi connectivity index (χ4n) is 4.32. The van der Waals surface area contributed by atoms with Crippen molar-refractivity contribution in [3.05, 3.63) is 45.3 Å². The van der Waals surface area contributed by atoms with Crippen molar-refractivity contribution in [2.24, 2.45) is 0 Å². The maximum Gasteiger partial charge on any atom is 0.419 e. The summed E-state index contributed by atoms with van der Waals surface area (Å²) in [6.07, 6.45) is -0.227. The second-order valence-electron chi connectivity index (χ2n) is 11.2. The number of aryl methyl sites for hydroxylation is 2. The first-order valence-corrected chi connectivity index (χ1v) is 12.8. The molecule has 192 valence electrons. The summed E-state index contributed by atoms with van der Waals surface area (Å²) in [5.74, 6) is 0. The maximum absolute atomic E-state index is 13.5. The quantitative estimate of drug-likeness (QED) is 0.337. The molecule has 0 unspecified atom stereocenters. The Hall–Kier alpha value is -2.94. The van der Waals surface area contributed by atoms with Crippen LogP contribution in [-0.2, 0) is 22.4 Å². The lowest BCUT2D eigenvalue weighted by Gasteiger charge is -2.30. The number of hydrogen-bond donors (Lipinski definition) is 0. The number of aromatic nitrogens is 3. The number of carbonyl (C=O) groups excluding carboxylic acids is 2. The minimum Gasteiger partial charge on any atom is -0.444 e. The number of hydrogen-bond acceptors (Lipinski definition) is 6. The molecule has 0 radical (unpaired) electrons. The Bertz CT molecular complexity index is 1340. The number of carbonyl (C=O) groups is 2. The molecule has 0 saturated carbocycles. The lowest BCUT2D eigenvalue weighted by atomic mass is 10.0. The predicted octanol–water partition coefficient (Wildman–Crippen LogP) is 6.55. The molecule has 0 fully saturated rings. The van der Waals surface area contributed by atoms with Crippen LogP contribution in [0.25, 0.3) is 22.3 Å². The standard InChI is InChI=1S/C27H33BrN4O4/c1-15-11-18(12-16(2)29-15)23-21(28)22-20(32(23)25(34)36-27(6,7)8)13-17-9-10-31(14-19(17)30-22)24(33)35-26(3,4)5/h11-13H,9-10,14H2,1-8H3. The summed E-state index contributed by atoms with van der Waals surface area (Å²) < 4.78 is 13.6. The molecule has 0 atom stereocenters. The van der Waals surface area contributed by atoms with Gasteiger partial charge in [0.2, 0.25) is 0 Å². The summed E-state index contributed by atoms with van der Waals surface area (Å²) in [4.78, 5) is 37.3. The van der Waals surface area contributed by atoms with Gasteiger partial charge in [-0.2, -0.15) is 0 Å². The van der Waals surface area contributed by atoms with Gasteiger partial charge in [0.1, 0.15) is 16.7 Å². The van der Waals surface area contributed by atoms with Crippen LogP contribution in [0.4, 0.5) is 9.59 Å². The average molecular weight is 557 g/mol. The molecule has 3 aromatic rings. The molecule has 1 amide bonds. The van der Waals surface area contributed by atoms with Crippen molar-refractivity contribution in [1.82, 2.24) is 19.4 Å². The minimum absolute atomic E-state index is 0.340. The Balaban J connectivity index is 1.87. The van der Waals surface area contributed by atoms with E-state index >= 15 is 0 Å². The van der Waals surface area contributed by atoms with Crippen LogP contribution in [0.2, 0.25) is 0 Å². The van der Waals surface area contributed by atoms with Crippen molar-refractivity contribution >= 4 is 39.1 Å². The molecule has 9 heteroatoms. The second-order valence-corrected chi connectivity index (χ2v) is 12.0. The molecule has 36 heavy (non-hydrogen) atoms. The van der Waals surface area contributed by atoms with E-state index in [9.17, 15) is 9.59 Å². The topological polar surface area (TPSA) is 86.6 Å². The molecule has 8 nitrogen and oxygen atoms in total. The van der Waals surface area contributed by atoms with Crippen LogP contribution < -0.4 is 0 Å². The molecule has 0 spiro atoms. The summed E-state index contributed by atoms with van der Waals surface area (Å²) in [6, 6.07) is 5.87. The van der Waals surface area contributed by atoms with Crippen LogP contribution >= 0.6 is 15.9 Å². The summed E-state index contributed by atoms with van der Waals surface area (Å²) in [6.45, 7) is 15.8. The van der Waals surface area contributed by atoms with Crippen molar-refractivity contribution in [3.63, 3.8) is 0 Å². The van der Waals surface area contributed by atoms with Gasteiger partial charge in [-0.15, -0.1) is 0 Å². The third-order valence-corrected chi connectivity index (χ3v) is 6.38. The largest absolute Gasteiger partial charge is 0.444 e. The van der Waals surface area contributed by atoms with E-state index in [0.29, 0.717) is 40.7 Å². The van der Waals surface area contributed by atoms with Crippen molar-refractivity contribution in [2.75, 3.05) is 6.54 Å². The van der Waals surface area contributed by atoms with E-state index < -0.39 is 17.3 Å². The van der Waals surface area contributed by atoms with Gasteiger partial charge in [-0.05, 0) is 102 Å². The van der Waals surface area contributed by atoms with Gasteiger partial charge in [0.05, 0.1) is 27.9 Å². The smallest absolute Gasteiger partial charge is 0.419 e. The number of pyridine rings is 2. The Kier molecular flexibility index (Phi) is 6.66. The lowest BCUT2D eigenvalue weighted by molar-refractivity contribution is 0.0221.